The third kappa shape index (κ3) is 7.12. The summed E-state index contributed by atoms with van der Waals surface area (Å²) in [7, 11) is -3.85. The van der Waals surface area contributed by atoms with Crippen molar-refractivity contribution < 1.29 is 18.0 Å². The van der Waals surface area contributed by atoms with Crippen molar-refractivity contribution in [1.82, 2.24) is 10.2 Å². The first-order valence-corrected chi connectivity index (χ1v) is 12.7. The van der Waals surface area contributed by atoms with E-state index in [1.54, 1.807) is 13.8 Å². The Morgan fingerprint density at radius 1 is 1.09 bits per heavy atom. The summed E-state index contributed by atoms with van der Waals surface area (Å²) < 4.78 is 25.9. The maximum atomic E-state index is 13.3. The van der Waals surface area contributed by atoms with Crippen molar-refractivity contribution in [2.24, 2.45) is 0 Å². The van der Waals surface area contributed by atoms with Crippen LogP contribution in [0.15, 0.2) is 48.5 Å². The van der Waals surface area contributed by atoms with Crippen LogP contribution in [0.2, 0.25) is 10.0 Å². The summed E-state index contributed by atoms with van der Waals surface area (Å²) in [5.41, 5.74) is 1.13. The van der Waals surface area contributed by atoms with Crippen molar-refractivity contribution in [3.63, 3.8) is 0 Å². The first-order valence-electron chi connectivity index (χ1n) is 10.1. The van der Waals surface area contributed by atoms with Gasteiger partial charge in [-0.05, 0) is 44.0 Å². The summed E-state index contributed by atoms with van der Waals surface area (Å²) in [6.07, 6.45) is 1.50. The molecule has 7 nitrogen and oxygen atoms in total. The Morgan fingerprint density at radius 2 is 1.75 bits per heavy atom. The number of carbonyl (C=O) groups excluding carboxylic acids is 2. The Kier molecular flexibility index (Phi) is 9.36. The summed E-state index contributed by atoms with van der Waals surface area (Å²) in [4.78, 5) is 27.2. The number of nitrogens with one attached hydrogen (secondary N) is 1. The Morgan fingerprint density at radius 3 is 2.31 bits per heavy atom. The van der Waals surface area contributed by atoms with E-state index in [4.69, 9.17) is 23.2 Å². The molecule has 2 rings (SSSR count). The smallest absolute Gasteiger partial charge is 0.244 e. The largest absolute Gasteiger partial charge is 0.355 e. The molecule has 10 heteroatoms. The number of hydrogen-bond donors (Lipinski definition) is 1. The van der Waals surface area contributed by atoms with E-state index in [-0.39, 0.29) is 23.2 Å². The van der Waals surface area contributed by atoms with Gasteiger partial charge in [0.1, 0.15) is 12.6 Å². The highest BCUT2D eigenvalue weighted by atomic mass is 35.5. The van der Waals surface area contributed by atoms with Gasteiger partial charge in [0.2, 0.25) is 21.8 Å². The van der Waals surface area contributed by atoms with Crippen LogP contribution < -0.4 is 9.62 Å². The summed E-state index contributed by atoms with van der Waals surface area (Å²) in [6, 6.07) is 13.1. The lowest BCUT2D eigenvalue weighted by Crippen LogP contribution is -2.52. The molecule has 0 heterocycles. The van der Waals surface area contributed by atoms with Crippen LogP contribution in [-0.4, -0.2) is 57.1 Å². The summed E-state index contributed by atoms with van der Waals surface area (Å²) in [5.74, 6) is -0.833. The quantitative estimate of drug-likeness (QED) is 0.542. The molecular formula is C22H27Cl2N3O4S. The second-order valence-corrected chi connectivity index (χ2v) is 10.0. The van der Waals surface area contributed by atoms with E-state index < -0.39 is 28.5 Å². The molecule has 0 saturated heterocycles. The topological polar surface area (TPSA) is 86.8 Å². The lowest BCUT2D eigenvalue weighted by Gasteiger charge is -2.31. The number of likely N-dealkylation sites (N-methyl/N-ethyl adjacent to an activating group) is 1. The number of halogens is 2. The fourth-order valence-electron chi connectivity index (χ4n) is 3.17. The summed E-state index contributed by atoms with van der Waals surface area (Å²) >= 11 is 12.1. The number of benzene rings is 2. The number of hydrogen-bond acceptors (Lipinski definition) is 4. The first-order chi connectivity index (χ1) is 15.0. The van der Waals surface area contributed by atoms with Crippen molar-refractivity contribution in [3.05, 3.63) is 64.1 Å². The monoisotopic (exact) mass is 499 g/mol. The second-order valence-electron chi connectivity index (χ2n) is 7.26. The average Bonchev–Trinajstić information content (AvgIpc) is 2.72. The zero-order valence-electron chi connectivity index (χ0n) is 18.2. The van der Waals surface area contributed by atoms with Gasteiger partial charge in [0.05, 0.1) is 17.0 Å². The predicted octanol–water partition coefficient (Wildman–Crippen LogP) is 3.36. The number of sulfonamides is 1. The van der Waals surface area contributed by atoms with E-state index >= 15 is 0 Å². The summed E-state index contributed by atoms with van der Waals surface area (Å²) in [6.45, 7) is 3.56. The van der Waals surface area contributed by atoms with Crippen LogP contribution in [0.25, 0.3) is 0 Å². The molecular weight excluding hydrogens is 473 g/mol. The third-order valence-electron chi connectivity index (χ3n) is 4.86. The standard InChI is InChI=1S/C22H27Cl2N3O4S/c1-4-25-22(29)16(2)26(13-12-17-8-6-5-7-9-17)21(28)15-27(32(3,30)31)20-11-10-18(23)14-19(20)24/h5-11,14,16H,4,12-13,15H2,1-3H3,(H,25,29)/t16-/m0/s1. The molecule has 2 aromatic rings. The van der Waals surface area contributed by atoms with Gasteiger partial charge in [-0.15, -0.1) is 0 Å². The lowest BCUT2D eigenvalue weighted by molar-refractivity contribution is -0.138. The third-order valence-corrected chi connectivity index (χ3v) is 6.52. The highest BCUT2D eigenvalue weighted by Gasteiger charge is 2.30. The molecule has 32 heavy (non-hydrogen) atoms. The number of rotatable bonds is 10. The normalized spacial score (nSPS) is 12.2. The number of anilines is 1. The molecule has 1 N–H and O–H groups in total. The van der Waals surface area contributed by atoms with Gasteiger partial charge in [-0.25, -0.2) is 8.42 Å². The first kappa shape index (κ1) is 26.0. The molecule has 0 bridgehead atoms. The zero-order chi connectivity index (χ0) is 23.9. The van der Waals surface area contributed by atoms with E-state index in [2.05, 4.69) is 5.32 Å². The molecule has 1 atom stereocenters. The SMILES string of the molecule is CCNC(=O)[C@H](C)N(CCc1ccccc1)C(=O)CN(c1ccc(Cl)cc1Cl)S(C)(=O)=O. The van der Waals surface area contributed by atoms with Crippen LogP contribution in [0.4, 0.5) is 5.69 Å². The Labute approximate surface area is 199 Å². The highest BCUT2D eigenvalue weighted by molar-refractivity contribution is 7.92. The Hall–Kier alpha value is -2.29. The molecule has 0 spiro atoms. The van der Waals surface area contributed by atoms with Gasteiger partial charge >= 0.3 is 0 Å². The molecule has 0 aliphatic heterocycles. The molecule has 2 aromatic carbocycles. The number of amides is 2. The summed E-state index contributed by atoms with van der Waals surface area (Å²) in [5, 5.41) is 3.15. The van der Waals surface area contributed by atoms with Crippen molar-refractivity contribution >= 4 is 50.7 Å². The van der Waals surface area contributed by atoms with Crippen LogP contribution in [-0.2, 0) is 26.0 Å². The minimum Gasteiger partial charge on any atom is -0.355 e. The van der Waals surface area contributed by atoms with Crippen molar-refractivity contribution in [3.8, 4) is 0 Å². The van der Waals surface area contributed by atoms with Gasteiger partial charge in [-0.3, -0.25) is 13.9 Å². The van der Waals surface area contributed by atoms with Crippen molar-refractivity contribution in [2.75, 3.05) is 30.2 Å². The lowest BCUT2D eigenvalue weighted by atomic mass is 10.1. The zero-order valence-corrected chi connectivity index (χ0v) is 20.5. The Bertz CT molecular complexity index is 1050. The van der Waals surface area contributed by atoms with Gasteiger partial charge in [0.15, 0.2) is 0 Å². The molecule has 2 amide bonds. The Balaban J connectivity index is 2.33. The van der Waals surface area contributed by atoms with Gasteiger partial charge in [0.25, 0.3) is 0 Å². The van der Waals surface area contributed by atoms with Crippen molar-refractivity contribution in [2.45, 2.75) is 26.3 Å². The molecule has 0 fully saturated rings. The van der Waals surface area contributed by atoms with Gasteiger partial charge < -0.3 is 10.2 Å². The van der Waals surface area contributed by atoms with Crippen LogP contribution in [0.3, 0.4) is 0 Å². The molecule has 0 unspecified atom stereocenters. The van der Waals surface area contributed by atoms with E-state index in [0.29, 0.717) is 18.0 Å². The molecule has 0 radical (unpaired) electrons. The number of carbonyl (C=O) groups is 2. The van der Waals surface area contributed by atoms with E-state index in [0.717, 1.165) is 16.1 Å². The molecule has 0 aliphatic carbocycles. The average molecular weight is 500 g/mol. The maximum Gasteiger partial charge on any atom is 0.244 e. The van der Waals surface area contributed by atoms with Crippen LogP contribution in [0, 0.1) is 0 Å². The predicted molar refractivity (Wildman–Crippen MR) is 129 cm³/mol. The van der Waals surface area contributed by atoms with Gasteiger partial charge in [-0.1, -0.05) is 53.5 Å². The van der Waals surface area contributed by atoms with Crippen LogP contribution >= 0.6 is 23.2 Å². The highest BCUT2D eigenvalue weighted by Crippen LogP contribution is 2.30. The van der Waals surface area contributed by atoms with Gasteiger partial charge in [0, 0.05) is 18.1 Å². The minimum absolute atomic E-state index is 0.100. The van der Waals surface area contributed by atoms with E-state index in [1.807, 2.05) is 30.3 Å². The van der Waals surface area contributed by atoms with Crippen LogP contribution in [0.1, 0.15) is 19.4 Å². The van der Waals surface area contributed by atoms with E-state index in [1.165, 1.54) is 23.1 Å². The minimum atomic E-state index is -3.85. The molecule has 0 aromatic heterocycles. The van der Waals surface area contributed by atoms with Gasteiger partial charge in [-0.2, -0.15) is 0 Å². The fourth-order valence-corrected chi connectivity index (χ4v) is 4.59. The maximum absolute atomic E-state index is 13.3. The molecule has 0 aliphatic rings. The van der Waals surface area contributed by atoms with Crippen molar-refractivity contribution in [1.29, 1.82) is 0 Å². The molecule has 174 valence electrons. The van der Waals surface area contributed by atoms with Crippen LogP contribution in [0.5, 0.6) is 0 Å². The number of nitrogens with zero attached hydrogens (tertiary/aromatic N) is 2. The second kappa shape index (κ2) is 11.5. The molecule has 0 saturated carbocycles. The fraction of sp³-hybridized carbons (Fsp3) is 0.364. The van der Waals surface area contributed by atoms with E-state index in [9.17, 15) is 18.0 Å².